The van der Waals surface area contributed by atoms with E-state index in [1.54, 1.807) is 47.6 Å². The molecule has 1 atom stereocenters. The summed E-state index contributed by atoms with van der Waals surface area (Å²) in [6, 6.07) is 9.44. The second kappa shape index (κ2) is 9.99. The van der Waals surface area contributed by atoms with Crippen LogP contribution in [-0.4, -0.2) is 38.2 Å². The van der Waals surface area contributed by atoms with Crippen molar-refractivity contribution in [1.29, 1.82) is 0 Å². The number of halogens is 1. The monoisotopic (exact) mass is 439 g/mol. The average Bonchev–Trinajstić information content (AvgIpc) is 3.26. The Balaban J connectivity index is 1.87. The molecule has 0 aliphatic rings. The van der Waals surface area contributed by atoms with Crippen molar-refractivity contribution in [1.82, 2.24) is 19.9 Å². The molecule has 3 rings (SSSR count). The van der Waals surface area contributed by atoms with Gasteiger partial charge in [-0.3, -0.25) is 19.0 Å². The van der Waals surface area contributed by atoms with Crippen LogP contribution >= 0.6 is 11.6 Å². The molecule has 2 amide bonds. The second-order valence-corrected chi connectivity index (χ2v) is 7.38. The molecule has 9 heteroatoms. The predicted octanol–water partition coefficient (Wildman–Crippen LogP) is 2.93. The fourth-order valence-electron chi connectivity index (χ4n) is 3.07. The van der Waals surface area contributed by atoms with Crippen LogP contribution in [0, 0.1) is 0 Å². The van der Waals surface area contributed by atoms with E-state index in [4.69, 9.17) is 17.3 Å². The lowest BCUT2D eigenvalue weighted by atomic mass is 10.0. The largest absolute Gasteiger partial charge is 0.363 e. The van der Waals surface area contributed by atoms with E-state index in [-0.39, 0.29) is 5.56 Å². The summed E-state index contributed by atoms with van der Waals surface area (Å²) in [6.07, 6.45) is 6.63. The number of amides is 2. The van der Waals surface area contributed by atoms with Crippen LogP contribution in [0.25, 0.3) is 17.1 Å². The highest BCUT2D eigenvalue weighted by Gasteiger charge is 2.26. The molecular formula is C22H22ClN5O3. The number of Topliss-reactive ketones (excluding diaryl/α,β-unsaturated/α-hetero) is 1. The first-order valence-corrected chi connectivity index (χ1v) is 10.2. The molecule has 0 radical (unpaired) electrons. The number of hydrogen-bond donors (Lipinski definition) is 2. The number of hydrogen-bond acceptors (Lipinski definition) is 5. The maximum absolute atomic E-state index is 12.9. The van der Waals surface area contributed by atoms with Crippen LogP contribution in [0.3, 0.4) is 0 Å². The van der Waals surface area contributed by atoms with Crippen molar-refractivity contribution in [2.75, 3.05) is 0 Å². The molecule has 0 bridgehead atoms. The molecule has 0 fully saturated rings. The van der Waals surface area contributed by atoms with Crippen LogP contribution in [0.2, 0.25) is 5.02 Å². The number of carbonyl (C=O) groups is 3. The molecule has 160 valence electrons. The van der Waals surface area contributed by atoms with Gasteiger partial charge in [-0.1, -0.05) is 43.5 Å². The molecule has 31 heavy (non-hydrogen) atoms. The number of pyridine rings is 1. The van der Waals surface area contributed by atoms with E-state index < -0.39 is 23.6 Å². The van der Waals surface area contributed by atoms with Crippen LogP contribution in [0.1, 0.15) is 36.5 Å². The van der Waals surface area contributed by atoms with E-state index in [9.17, 15) is 14.4 Å². The van der Waals surface area contributed by atoms with Gasteiger partial charge in [0.2, 0.25) is 5.78 Å². The molecule has 3 aromatic rings. The summed E-state index contributed by atoms with van der Waals surface area (Å²) in [6.45, 7) is 1.95. The smallest absolute Gasteiger partial charge is 0.287 e. The maximum Gasteiger partial charge on any atom is 0.287 e. The highest BCUT2D eigenvalue weighted by molar-refractivity contribution is 6.38. The SMILES string of the molecule is CCCCC(NC(=O)c1cccnc1-n1cnc(-c2ccc(Cl)cc2)c1)C(=O)C(N)=O. The molecule has 0 spiro atoms. The Bertz CT molecular complexity index is 1090. The molecule has 1 unspecified atom stereocenters. The van der Waals surface area contributed by atoms with Gasteiger partial charge in [-0.25, -0.2) is 9.97 Å². The lowest BCUT2D eigenvalue weighted by Gasteiger charge is -2.17. The van der Waals surface area contributed by atoms with Crippen molar-refractivity contribution in [3.05, 3.63) is 65.7 Å². The van der Waals surface area contributed by atoms with E-state index in [1.165, 1.54) is 0 Å². The zero-order valence-corrected chi connectivity index (χ0v) is 17.7. The number of ketones is 1. The number of aromatic nitrogens is 3. The fraction of sp³-hybridized carbons (Fsp3) is 0.227. The molecule has 1 aromatic carbocycles. The minimum atomic E-state index is -1.07. The number of nitrogens with one attached hydrogen (secondary N) is 1. The number of imidazole rings is 1. The first-order chi connectivity index (χ1) is 14.9. The molecule has 2 heterocycles. The summed E-state index contributed by atoms with van der Waals surface area (Å²) in [4.78, 5) is 45.1. The molecule has 2 aromatic heterocycles. The third-order valence-electron chi connectivity index (χ3n) is 4.71. The van der Waals surface area contributed by atoms with Crippen molar-refractivity contribution in [2.24, 2.45) is 5.73 Å². The number of rotatable bonds is 9. The van der Waals surface area contributed by atoms with E-state index in [1.807, 2.05) is 19.1 Å². The molecule has 8 nitrogen and oxygen atoms in total. The molecule has 0 aliphatic carbocycles. The molecule has 3 N–H and O–H groups in total. The molecule has 0 saturated heterocycles. The summed E-state index contributed by atoms with van der Waals surface area (Å²) in [7, 11) is 0. The van der Waals surface area contributed by atoms with Gasteiger partial charge in [-0.15, -0.1) is 0 Å². The Labute approximate surface area is 184 Å². The quantitative estimate of drug-likeness (QED) is 0.496. The van der Waals surface area contributed by atoms with Crippen LogP contribution in [0.5, 0.6) is 0 Å². The lowest BCUT2D eigenvalue weighted by Crippen LogP contribution is -2.46. The first-order valence-electron chi connectivity index (χ1n) is 9.80. The van der Waals surface area contributed by atoms with Crippen LogP contribution in [0.4, 0.5) is 0 Å². The minimum absolute atomic E-state index is 0.237. The van der Waals surface area contributed by atoms with Crippen molar-refractivity contribution in [3.63, 3.8) is 0 Å². The molecule has 0 aliphatic heterocycles. The fourth-order valence-corrected chi connectivity index (χ4v) is 3.20. The summed E-state index contributed by atoms with van der Waals surface area (Å²) in [5.74, 6) is -2.08. The maximum atomic E-state index is 12.9. The summed E-state index contributed by atoms with van der Waals surface area (Å²) >= 11 is 5.94. The molecule has 0 saturated carbocycles. The minimum Gasteiger partial charge on any atom is -0.363 e. The molecular weight excluding hydrogens is 418 g/mol. The summed E-state index contributed by atoms with van der Waals surface area (Å²) < 4.78 is 1.62. The highest BCUT2D eigenvalue weighted by atomic mass is 35.5. The average molecular weight is 440 g/mol. The van der Waals surface area contributed by atoms with Crippen molar-refractivity contribution in [3.8, 4) is 17.1 Å². The van der Waals surface area contributed by atoms with Crippen LogP contribution < -0.4 is 11.1 Å². The van der Waals surface area contributed by atoms with Gasteiger partial charge in [-0.05, 0) is 30.7 Å². The number of nitrogens with zero attached hydrogens (tertiary/aromatic N) is 3. The zero-order chi connectivity index (χ0) is 22.4. The topological polar surface area (TPSA) is 120 Å². The first kappa shape index (κ1) is 22.2. The normalized spacial score (nSPS) is 11.7. The van der Waals surface area contributed by atoms with Gasteiger partial charge in [0, 0.05) is 23.0 Å². The Hall–Kier alpha value is -3.52. The van der Waals surface area contributed by atoms with Crippen LogP contribution in [-0.2, 0) is 9.59 Å². The van der Waals surface area contributed by atoms with E-state index in [0.717, 1.165) is 12.0 Å². The van der Waals surface area contributed by atoms with E-state index >= 15 is 0 Å². The Morgan fingerprint density at radius 3 is 2.58 bits per heavy atom. The van der Waals surface area contributed by atoms with Gasteiger partial charge in [0.15, 0.2) is 5.82 Å². The highest BCUT2D eigenvalue weighted by Crippen LogP contribution is 2.22. The number of nitrogens with two attached hydrogens (primary N) is 1. The van der Waals surface area contributed by atoms with Crippen LogP contribution in [0.15, 0.2) is 55.1 Å². The standard InChI is InChI=1S/C22H22ClN5O3/c1-2-3-6-17(19(29)20(24)30)27-22(31)16-5-4-11-25-21(16)28-12-18(26-13-28)14-7-9-15(23)10-8-14/h4-5,7-13,17H,2-3,6H2,1H3,(H2,24,30)(H,27,31). The Morgan fingerprint density at radius 2 is 1.90 bits per heavy atom. The van der Waals surface area contributed by atoms with Gasteiger partial charge in [0.05, 0.1) is 17.3 Å². The number of benzene rings is 1. The summed E-state index contributed by atoms with van der Waals surface area (Å²) in [5.41, 5.74) is 6.91. The number of primary amides is 1. The number of carbonyl (C=O) groups excluding carboxylic acids is 3. The van der Waals surface area contributed by atoms with Gasteiger partial charge in [0.25, 0.3) is 11.8 Å². The number of unbranched alkanes of at least 4 members (excludes halogenated alkanes) is 1. The Kier molecular flexibility index (Phi) is 7.15. The lowest BCUT2D eigenvalue weighted by molar-refractivity contribution is -0.137. The predicted molar refractivity (Wildman–Crippen MR) is 117 cm³/mol. The van der Waals surface area contributed by atoms with Gasteiger partial charge in [0.1, 0.15) is 6.33 Å². The zero-order valence-electron chi connectivity index (χ0n) is 16.9. The summed E-state index contributed by atoms with van der Waals surface area (Å²) in [5, 5.41) is 3.25. The van der Waals surface area contributed by atoms with Crippen molar-refractivity contribution in [2.45, 2.75) is 32.2 Å². The van der Waals surface area contributed by atoms with Crippen molar-refractivity contribution >= 4 is 29.2 Å². The van der Waals surface area contributed by atoms with Gasteiger partial charge >= 0.3 is 0 Å². The third-order valence-corrected chi connectivity index (χ3v) is 4.96. The van der Waals surface area contributed by atoms with Gasteiger partial charge in [-0.2, -0.15) is 0 Å². The second-order valence-electron chi connectivity index (χ2n) is 6.94. The Morgan fingerprint density at radius 1 is 1.16 bits per heavy atom. The van der Waals surface area contributed by atoms with E-state index in [2.05, 4.69) is 15.3 Å². The van der Waals surface area contributed by atoms with Gasteiger partial charge < -0.3 is 11.1 Å². The van der Waals surface area contributed by atoms with E-state index in [0.29, 0.717) is 29.4 Å². The third kappa shape index (κ3) is 5.35. The van der Waals surface area contributed by atoms with Crippen molar-refractivity contribution < 1.29 is 14.4 Å².